The Morgan fingerprint density at radius 2 is 1.79 bits per heavy atom. The van der Waals surface area contributed by atoms with Crippen LogP contribution in [0, 0.1) is 13.8 Å². The highest BCUT2D eigenvalue weighted by Gasteiger charge is 2.15. The molecule has 1 aliphatic heterocycles. The molecule has 0 bridgehead atoms. The van der Waals surface area contributed by atoms with Crippen LogP contribution in [0.15, 0.2) is 72.8 Å². The minimum absolute atomic E-state index is 0.0890. The van der Waals surface area contributed by atoms with Gasteiger partial charge in [0.05, 0.1) is 11.2 Å². The van der Waals surface area contributed by atoms with Gasteiger partial charge in [-0.2, -0.15) is 0 Å². The largest absolute Gasteiger partial charge is 0.322 e. The Hall–Kier alpha value is -3.31. The van der Waals surface area contributed by atoms with Crippen LogP contribution in [0.4, 0.5) is 11.4 Å². The third-order valence-electron chi connectivity index (χ3n) is 6.37. The minimum atomic E-state index is -0.0890. The van der Waals surface area contributed by atoms with Gasteiger partial charge in [0.1, 0.15) is 0 Å². The number of nitrogens with one attached hydrogen (secondary N) is 1. The summed E-state index contributed by atoms with van der Waals surface area (Å²) >= 11 is 1.89. The molecule has 0 unspecified atom stereocenters. The van der Waals surface area contributed by atoms with Gasteiger partial charge in [0.15, 0.2) is 0 Å². The van der Waals surface area contributed by atoms with Crippen LogP contribution in [0.2, 0.25) is 0 Å². The lowest BCUT2D eigenvalue weighted by atomic mass is 10.0. The molecular weight excluding hydrogens is 438 g/mol. The Balaban J connectivity index is 1.37. The number of carbonyl (C=O) groups excluding carboxylic acids is 1. The molecule has 1 aromatic heterocycles. The van der Waals surface area contributed by atoms with E-state index in [0.717, 1.165) is 51.3 Å². The van der Waals surface area contributed by atoms with Gasteiger partial charge in [-0.3, -0.25) is 4.79 Å². The summed E-state index contributed by atoms with van der Waals surface area (Å²) in [6.07, 6.45) is 3.78. The minimum Gasteiger partial charge on any atom is -0.322 e. The summed E-state index contributed by atoms with van der Waals surface area (Å²) < 4.78 is 2.37. The van der Waals surface area contributed by atoms with Gasteiger partial charge in [0, 0.05) is 40.2 Å². The summed E-state index contributed by atoms with van der Waals surface area (Å²) in [6, 6.07) is 24.4. The van der Waals surface area contributed by atoms with Crippen LogP contribution in [0.1, 0.15) is 40.7 Å². The van der Waals surface area contributed by atoms with E-state index < -0.39 is 0 Å². The SMILES string of the molecule is Cc1cc(N2CCCCCS2)ccc1C(=O)Nc1ccc(C)c(-c2ccc3ccccc3n2)c1. The first-order chi connectivity index (χ1) is 16.6. The van der Waals surface area contributed by atoms with Gasteiger partial charge in [-0.25, -0.2) is 4.98 Å². The summed E-state index contributed by atoms with van der Waals surface area (Å²) in [7, 11) is 0. The van der Waals surface area contributed by atoms with E-state index in [1.54, 1.807) is 0 Å². The molecule has 1 aliphatic rings. The topological polar surface area (TPSA) is 45.2 Å². The molecule has 1 saturated heterocycles. The summed E-state index contributed by atoms with van der Waals surface area (Å²) in [5.41, 5.74) is 7.66. The van der Waals surface area contributed by atoms with Crippen molar-refractivity contribution in [2.45, 2.75) is 33.1 Å². The number of rotatable bonds is 4. The zero-order valence-corrected chi connectivity index (χ0v) is 20.5. The monoisotopic (exact) mass is 467 g/mol. The van der Waals surface area contributed by atoms with Crippen LogP contribution in [-0.4, -0.2) is 23.2 Å². The number of anilines is 2. The maximum Gasteiger partial charge on any atom is 0.255 e. The van der Waals surface area contributed by atoms with Crippen molar-refractivity contribution < 1.29 is 4.79 Å². The molecule has 1 fully saturated rings. The molecule has 1 N–H and O–H groups in total. The van der Waals surface area contributed by atoms with E-state index in [9.17, 15) is 4.79 Å². The molecule has 0 aliphatic carbocycles. The number of para-hydroxylation sites is 1. The molecule has 2 heterocycles. The highest BCUT2D eigenvalue weighted by Crippen LogP contribution is 2.30. The fourth-order valence-electron chi connectivity index (χ4n) is 4.43. The van der Waals surface area contributed by atoms with E-state index in [0.29, 0.717) is 5.56 Å². The van der Waals surface area contributed by atoms with Gasteiger partial charge in [0.25, 0.3) is 5.91 Å². The number of pyridine rings is 1. The van der Waals surface area contributed by atoms with E-state index in [1.165, 1.54) is 24.9 Å². The van der Waals surface area contributed by atoms with Crippen molar-refractivity contribution in [3.05, 3.63) is 89.5 Å². The molecule has 0 radical (unpaired) electrons. The molecule has 4 nitrogen and oxygen atoms in total. The second kappa shape index (κ2) is 9.90. The molecule has 5 heteroatoms. The van der Waals surface area contributed by atoms with Crippen molar-refractivity contribution in [2.24, 2.45) is 0 Å². The maximum atomic E-state index is 13.1. The molecule has 0 saturated carbocycles. The number of amides is 1. The number of aryl methyl sites for hydroxylation is 2. The summed E-state index contributed by atoms with van der Waals surface area (Å²) in [5, 5.41) is 4.21. The molecule has 4 aromatic rings. The zero-order chi connectivity index (χ0) is 23.5. The van der Waals surface area contributed by atoms with Gasteiger partial charge < -0.3 is 9.62 Å². The van der Waals surface area contributed by atoms with Crippen molar-refractivity contribution in [1.82, 2.24) is 4.98 Å². The lowest BCUT2D eigenvalue weighted by Crippen LogP contribution is -2.17. The lowest BCUT2D eigenvalue weighted by molar-refractivity contribution is 0.102. The third kappa shape index (κ3) is 4.80. The first kappa shape index (κ1) is 22.5. The van der Waals surface area contributed by atoms with Crippen molar-refractivity contribution in [2.75, 3.05) is 21.9 Å². The molecule has 5 rings (SSSR count). The predicted molar refractivity (Wildman–Crippen MR) is 145 cm³/mol. The number of hydrogen-bond donors (Lipinski definition) is 1. The van der Waals surface area contributed by atoms with Crippen LogP contribution in [0.5, 0.6) is 0 Å². The maximum absolute atomic E-state index is 13.1. The van der Waals surface area contributed by atoms with Crippen molar-refractivity contribution in [3.8, 4) is 11.3 Å². The Bertz CT molecular complexity index is 1340. The van der Waals surface area contributed by atoms with Crippen molar-refractivity contribution >= 4 is 40.1 Å². The standard InChI is InChI=1S/C29H29N3OS/c1-20-10-12-23(19-26(20)28-15-11-22-8-4-5-9-27(22)31-28)30-29(33)25-14-13-24(18-21(25)2)32-16-6-3-7-17-34-32/h4-5,8-15,18-19H,3,6-7,16-17H2,1-2H3,(H,30,33). The van der Waals surface area contributed by atoms with Gasteiger partial charge in [-0.15, -0.1) is 0 Å². The highest BCUT2D eigenvalue weighted by molar-refractivity contribution is 8.00. The summed E-state index contributed by atoms with van der Waals surface area (Å²) in [6.45, 7) is 5.15. The average molecular weight is 468 g/mol. The Morgan fingerprint density at radius 1 is 0.912 bits per heavy atom. The van der Waals surface area contributed by atoms with Crippen molar-refractivity contribution in [1.29, 1.82) is 0 Å². The Morgan fingerprint density at radius 3 is 2.68 bits per heavy atom. The van der Waals surface area contributed by atoms with E-state index >= 15 is 0 Å². The van der Waals surface area contributed by atoms with Crippen LogP contribution in [-0.2, 0) is 0 Å². The van der Waals surface area contributed by atoms with E-state index in [1.807, 2.05) is 67.4 Å². The molecule has 172 valence electrons. The van der Waals surface area contributed by atoms with Gasteiger partial charge in [-0.1, -0.05) is 36.8 Å². The first-order valence-electron chi connectivity index (χ1n) is 11.9. The number of hydrogen-bond acceptors (Lipinski definition) is 4. The second-order valence-electron chi connectivity index (χ2n) is 8.87. The highest BCUT2D eigenvalue weighted by atomic mass is 32.2. The molecule has 34 heavy (non-hydrogen) atoms. The van der Waals surface area contributed by atoms with Crippen LogP contribution in [0.3, 0.4) is 0 Å². The Kier molecular flexibility index (Phi) is 6.54. The van der Waals surface area contributed by atoms with Gasteiger partial charge in [-0.05, 0) is 92.2 Å². The molecule has 3 aromatic carbocycles. The average Bonchev–Trinajstić information content (AvgIpc) is 3.14. The molecule has 1 amide bonds. The molecular formula is C29H29N3OS. The van der Waals surface area contributed by atoms with Crippen LogP contribution in [0.25, 0.3) is 22.2 Å². The van der Waals surface area contributed by atoms with E-state index in [4.69, 9.17) is 4.98 Å². The number of carbonyl (C=O) groups is 1. The van der Waals surface area contributed by atoms with Gasteiger partial charge >= 0.3 is 0 Å². The number of benzene rings is 3. The van der Waals surface area contributed by atoms with Gasteiger partial charge in [0.2, 0.25) is 0 Å². The van der Waals surface area contributed by atoms with Crippen molar-refractivity contribution in [3.63, 3.8) is 0 Å². The van der Waals surface area contributed by atoms with Crippen LogP contribution >= 0.6 is 11.9 Å². The van der Waals surface area contributed by atoms with E-state index in [2.05, 4.69) is 40.8 Å². The normalized spacial score (nSPS) is 14.1. The number of fused-ring (bicyclic) bond motifs is 1. The third-order valence-corrected chi connectivity index (χ3v) is 7.54. The quantitative estimate of drug-likeness (QED) is 0.317. The zero-order valence-electron chi connectivity index (χ0n) is 19.7. The number of nitrogens with zero attached hydrogens (tertiary/aromatic N) is 2. The van der Waals surface area contributed by atoms with Crippen LogP contribution < -0.4 is 9.62 Å². The second-order valence-corrected chi connectivity index (χ2v) is 9.98. The lowest BCUT2D eigenvalue weighted by Gasteiger charge is -2.22. The molecule has 0 spiro atoms. The molecule has 0 atom stereocenters. The predicted octanol–water partition coefficient (Wildman–Crippen LogP) is 7.41. The summed E-state index contributed by atoms with van der Waals surface area (Å²) in [5.74, 6) is 1.07. The fraction of sp³-hybridized carbons (Fsp3) is 0.241. The van der Waals surface area contributed by atoms with E-state index in [-0.39, 0.29) is 5.91 Å². The first-order valence-corrected chi connectivity index (χ1v) is 12.8. The Labute approximate surface area is 205 Å². The summed E-state index contributed by atoms with van der Waals surface area (Å²) in [4.78, 5) is 18.0. The fourth-order valence-corrected chi connectivity index (χ4v) is 5.50. The number of aromatic nitrogens is 1. The smallest absolute Gasteiger partial charge is 0.255 e.